The van der Waals surface area contributed by atoms with E-state index >= 15 is 0 Å². The Morgan fingerprint density at radius 1 is 1.14 bits per heavy atom. The van der Waals surface area contributed by atoms with Crippen molar-refractivity contribution in [3.05, 3.63) is 53.3 Å². The molecule has 1 aromatic carbocycles. The number of hydrogen-bond donors (Lipinski definition) is 0. The number of nitrogens with zero attached hydrogens (tertiary/aromatic N) is 1. The molecule has 3 rings (SSSR count). The first-order chi connectivity index (χ1) is 10.3. The van der Waals surface area contributed by atoms with Gasteiger partial charge in [-0.25, -0.2) is 0 Å². The Morgan fingerprint density at radius 3 is 2.57 bits per heavy atom. The van der Waals surface area contributed by atoms with Crippen LogP contribution in [0.3, 0.4) is 0 Å². The van der Waals surface area contributed by atoms with Crippen LogP contribution in [0.25, 0.3) is 6.08 Å². The van der Waals surface area contributed by atoms with Gasteiger partial charge >= 0.3 is 0 Å². The molecule has 21 heavy (non-hydrogen) atoms. The number of likely N-dealkylation sites (tertiary alicyclic amines) is 1. The third-order valence-electron chi connectivity index (χ3n) is 4.01. The van der Waals surface area contributed by atoms with Gasteiger partial charge in [-0.2, -0.15) is 0 Å². The largest absolute Gasteiger partial charge is 0.488 e. The summed E-state index contributed by atoms with van der Waals surface area (Å²) in [5, 5.41) is 0. The molecular weight excluding hydrogens is 262 g/mol. The predicted octanol–water partition coefficient (Wildman–Crippen LogP) is 3.39. The summed E-state index contributed by atoms with van der Waals surface area (Å²) in [7, 11) is 0. The van der Waals surface area contributed by atoms with E-state index in [1.54, 1.807) is 0 Å². The number of allylic oxidation sites excluding steroid dienone is 1. The van der Waals surface area contributed by atoms with Gasteiger partial charge in [-0.1, -0.05) is 42.0 Å². The van der Waals surface area contributed by atoms with Crippen molar-refractivity contribution in [1.29, 1.82) is 0 Å². The molecule has 1 saturated heterocycles. The summed E-state index contributed by atoms with van der Waals surface area (Å²) in [6, 6.07) is 10.4. The van der Waals surface area contributed by atoms with Gasteiger partial charge in [-0.15, -0.1) is 0 Å². The Morgan fingerprint density at radius 2 is 1.90 bits per heavy atom. The van der Waals surface area contributed by atoms with Gasteiger partial charge < -0.3 is 9.64 Å². The lowest BCUT2D eigenvalue weighted by Gasteiger charge is -2.29. The second-order valence-corrected chi connectivity index (χ2v) is 5.56. The van der Waals surface area contributed by atoms with Crippen molar-refractivity contribution in [2.45, 2.75) is 25.7 Å². The standard InChI is InChI=1S/C18H21NO2/c20-18(17-8-4-5-13-21-17)19-11-9-16(10-12-19)14-15-6-2-1-3-7-15/h1-3,6-8,14H,4-5,9-13H2. The Kier molecular flexibility index (Phi) is 4.39. The fourth-order valence-corrected chi connectivity index (χ4v) is 2.79. The van der Waals surface area contributed by atoms with E-state index in [1.165, 1.54) is 11.1 Å². The lowest BCUT2D eigenvalue weighted by molar-refractivity contribution is -0.131. The number of benzene rings is 1. The average Bonchev–Trinajstić information content (AvgIpc) is 2.57. The molecule has 1 fully saturated rings. The molecule has 2 aliphatic rings. The van der Waals surface area contributed by atoms with Gasteiger partial charge in [0.1, 0.15) is 0 Å². The van der Waals surface area contributed by atoms with Crippen LogP contribution in [0.1, 0.15) is 31.2 Å². The summed E-state index contributed by atoms with van der Waals surface area (Å²) in [5.41, 5.74) is 2.66. The first kappa shape index (κ1) is 13.9. The van der Waals surface area contributed by atoms with Gasteiger partial charge in [0, 0.05) is 13.1 Å². The van der Waals surface area contributed by atoms with Crippen molar-refractivity contribution < 1.29 is 9.53 Å². The number of amides is 1. The third-order valence-corrected chi connectivity index (χ3v) is 4.01. The highest BCUT2D eigenvalue weighted by molar-refractivity contribution is 5.91. The summed E-state index contributed by atoms with van der Waals surface area (Å²) >= 11 is 0. The smallest absolute Gasteiger partial charge is 0.288 e. The summed E-state index contributed by atoms with van der Waals surface area (Å²) in [6.45, 7) is 2.25. The van der Waals surface area contributed by atoms with Crippen LogP contribution in [0.4, 0.5) is 0 Å². The van der Waals surface area contributed by atoms with Gasteiger partial charge in [0.05, 0.1) is 6.61 Å². The number of ether oxygens (including phenoxy) is 1. The zero-order valence-corrected chi connectivity index (χ0v) is 12.3. The van der Waals surface area contributed by atoms with Gasteiger partial charge in [-0.05, 0) is 37.3 Å². The van der Waals surface area contributed by atoms with E-state index in [2.05, 4.69) is 30.3 Å². The monoisotopic (exact) mass is 283 g/mol. The molecule has 0 bridgehead atoms. The zero-order chi connectivity index (χ0) is 14.5. The molecule has 0 radical (unpaired) electrons. The molecule has 2 heterocycles. The van der Waals surface area contributed by atoms with E-state index in [0.717, 1.165) is 38.8 Å². The van der Waals surface area contributed by atoms with Crippen LogP contribution < -0.4 is 0 Å². The molecule has 1 amide bonds. The summed E-state index contributed by atoms with van der Waals surface area (Å²) in [4.78, 5) is 14.2. The maximum atomic E-state index is 12.3. The molecule has 0 N–H and O–H groups in total. The lowest BCUT2D eigenvalue weighted by atomic mass is 10.0. The Balaban J connectivity index is 1.59. The molecular formula is C18H21NO2. The molecule has 3 heteroatoms. The first-order valence-corrected chi connectivity index (χ1v) is 7.70. The third kappa shape index (κ3) is 3.54. The number of hydrogen-bond acceptors (Lipinski definition) is 2. The minimum absolute atomic E-state index is 0.0634. The minimum atomic E-state index is 0.0634. The quantitative estimate of drug-likeness (QED) is 0.832. The number of piperidine rings is 1. The van der Waals surface area contributed by atoms with E-state index in [9.17, 15) is 4.79 Å². The SMILES string of the molecule is O=C(C1=CCCCO1)N1CCC(=Cc2ccccc2)CC1. The molecule has 0 aromatic heterocycles. The van der Waals surface area contributed by atoms with Crippen LogP contribution in [0.5, 0.6) is 0 Å². The van der Waals surface area contributed by atoms with Gasteiger partial charge in [0.15, 0.2) is 5.76 Å². The van der Waals surface area contributed by atoms with Crippen LogP contribution in [-0.4, -0.2) is 30.5 Å². The molecule has 0 spiro atoms. The van der Waals surface area contributed by atoms with E-state index in [4.69, 9.17) is 4.74 Å². The van der Waals surface area contributed by atoms with Crippen molar-refractivity contribution in [3.63, 3.8) is 0 Å². The van der Waals surface area contributed by atoms with E-state index in [-0.39, 0.29) is 5.91 Å². The maximum Gasteiger partial charge on any atom is 0.288 e. The van der Waals surface area contributed by atoms with Crippen LogP contribution in [0.2, 0.25) is 0 Å². The van der Waals surface area contributed by atoms with E-state index in [0.29, 0.717) is 12.4 Å². The molecule has 2 aliphatic heterocycles. The zero-order valence-electron chi connectivity index (χ0n) is 12.3. The van der Waals surface area contributed by atoms with E-state index in [1.807, 2.05) is 17.0 Å². The highest BCUT2D eigenvalue weighted by Gasteiger charge is 2.23. The summed E-state index contributed by atoms with van der Waals surface area (Å²) < 4.78 is 5.47. The normalized spacial score (nSPS) is 18.8. The molecule has 0 atom stereocenters. The maximum absolute atomic E-state index is 12.3. The second-order valence-electron chi connectivity index (χ2n) is 5.56. The number of carbonyl (C=O) groups excluding carboxylic acids is 1. The summed E-state index contributed by atoms with van der Waals surface area (Å²) in [5.74, 6) is 0.616. The van der Waals surface area contributed by atoms with Crippen molar-refractivity contribution in [2.75, 3.05) is 19.7 Å². The van der Waals surface area contributed by atoms with Crippen LogP contribution in [0, 0.1) is 0 Å². The molecule has 0 unspecified atom stereocenters. The summed E-state index contributed by atoms with van der Waals surface area (Å²) in [6.07, 6.45) is 8.05. The topological polar surface area (TPSA) is 29.5 Å². The van der Waals surface area contributed by atoms with Gasteiger partial charge in [0.25, 0.3) is 5.91 Å². The minimum Gasteiger partial charge on any atom is -0.488 e. The molecule has 0 aliphatic carbocycles. The molecule has 3 nitrogen and oxygen atoms in total. The van der Waals surface area contributed by atoms with Crippen LogP contribution in [-0.2, 0) is 9.53 Å². The highest BCUT2D eigenvalue weighted by Crippen LogP contribution is 2.22. The molecule has 0 saturated carbocycles. The Hall–Kier alpha value is -2.03. The lowest BCUT2D eigenvalue weighted by Crippen LogP contribution is -2.38. The van der Waals surface area contributed by atoms with Gasteiger partial charge in [-0.3, -0.25) is 4.79 Å². The fraction of sp³-hybridized carbons (Fsp3) is 0.389. The van der Waals surface area contributed by atoms with Gasteiger partial charge in [0.2, 0.25) is 0 Å². The fourth-order valence-electron chi connectivity index (χ4n) is 2.79. The van der Waals surface area contributed by atoms with Crippen LogP contribution in [0.15, 0.2) is 47.7 Å². The highest BCUT2D eigenvalue weighted by atomic mass is 16.5. The molecule has 110 valence electrons. The van der Waals surface area contributed by atoms with Crippen molar-refractivity contribution in [1.82, 2.24) is 4.90 Å². The predicted molar refractivity (Wildman–Crippen MR) is 83.5 cm³/mol. The Bertz CT molecular complexity index is 550. The Labute approximate surface area is 125 Å². The molecule has 1 aromatic rings. The number of carbonyl (C=O) groups is 1. The van der Waals surface area contributed by atoms with E-state index < -0.39 is 0 Å². The van der Waals surface area contributed by atoms with Crippen molar-refractivity contribution in [3.8, 4) is 0 Å². The first-order valence-electron chi connectivity index (χ1n) is 7.70. The second kappa shape index (κ2) is 6.61. The van der Waals surface area contributed by atoms with Crippen molar-refractivity contribution >= 4 is 12.0 Å². The van der Waals surface area contributed by atoms with Crippen molar-refractivity contribution in [2.24, 2.45) is 0 Å². The number of rotatable bonds is 2. The van der Waals surface area contributed by atoms with Crippen LogP contribution >= 0.6 is 0 Å². The average molecular weight is 283 g/mol.